The highest BCUT2D eigenvalue weighted by molar-refractivity contribution is 8.00. The highest BCUT2D eigenvalue weighted by atomic mass is 32.2. The largest absolute Gasteiger partial charge is 0.399 e. The van der Waals surface area contributed by atoms with Gasteiger partial charge in [0.2, 0.25) is 0 Å². The van der Waals surface area contributed by atoms with E-state index in [0.29, 0.717) is 0 Å². The zero-order chi connectivity index (χ0) is 13.0. The summed E-state index contributed by atoms with van der Waals surface area (Å²) < 4.78 is 0. The van der Waals surface area contributed by atoms with Gasteiger partial charge in [-0.05, 0) is 31.2 Å². The van der Waals surface area contributed by atoms with Crippen molar-refractivity contribution in [3.63, 3.8) is 0 Å². The van der Waals surface area contributed by atoms with E-state index < -0.39 is 0 Å². The predicted octanol–water partition coefficient (Wildman–Crippen LogP) is 3.63. The van der Waals surface area contributed by atoms with Crippen LogP contribution in [-0.4, -0.2) is 11.0 Å². The van der Waals surface area contributed by atoms with E-state index >= 15 is 0 Å². The summed E-state index contributed by atoms with van der Waals surface area (Å²) in [6, 6.07) is 17.0. The van der Waals surface area contributed by atoms with Crippen LogP contribution in [0.15, 0.2) is 59.5 Å². The van der Waals surface area contributed by atoms with E-state index in [1.165, 1.54) is 0 Å². The number of Topliss-reactive ketones (excluding diaryl/α,β-unsaturated/α-hetero) is 1. The molecule has 0 saturated carbocycles. The Balaban J connectivity index is 2.06. The van der Waals surface area contributed by atoms with Crippen molar-refractivity contribution in [2.24, 2.45) is 0 Å². The highest BCUT2D eigenvalue weighted by Gasteiger charge is 2.15. The highest BCUT2D eigenvalue weighted by Crippen LogP contribution is 2.26. The number of nitrogen functional groups attached to an aromatic ring is 1. The van der Waals surface area contributed by atoms with Crippen molar-refractivity contribution in [3.8, 4) is 0 Å². The van der Waals surface area contributed by atoms with Crippen LogP contribution >= 0.6 is 11.8 Å². The Morgan fingerprint density at radius 2 is 1.67 bits per heavy atom. The van der Waals surface area contributed by atoms with Crippen LogP contribution in [0.4, 0.5) is 5.69 Å². The van der Waals surface area contributed by atoms with E-state index in [4.69, 9.17) is 5.73 Å². The van der Waals surface area contributed by atoms with Crippen molar-refractivity contribution in [1.29, 1.82) is 0 Å². The van der Waals surface area contributed by atoms with Crippen LogP contribution < -0.4 is 5.73 Å². The quantitative estimate of drug-likeness (QED) is 0.516. The molecule has 0 bridgehead atoms. The lowest BCUT2D eigenvalue weighted by atomic mass is 10.1. The molecule has 2 nitrogen and oxygen atoms in total. The molecule has 0 aromatic heterocycles. The monoisotopic (exact) mass is 257 g/mol. The second-order valence-corrected chi connectivity index (χ2v) is 5.47. The smallest absolute Gasteiger partial charge is 0.175 e. The summed E-state index contributed by atoms with van der Waals surface area (Å²) in [6.07, 6.45) is 0. The first-order chi connectivity index (χ1) is 8.66. The third-order valence-electron chi connectivity index (χ3n) is 2.62. The third kappa shape index (κ3) is 3.14. The number of carbonyl (C=O) groups is 1. The number of nitrogens with two attached hydrogens (primary N) is 1. The lowest BCUT2D eigenvalue weighted by Crippen LogP contribution is -2.13. The predicted molar refractivity (Wildman–Crippen MR) is 76.9 cm³/mol. The van der Waals surface area contributed by atoms with Gasteiger partial charge in [0.15, 0.2) is 5.78 Å². The summed E-state index contributed by atoms with van der Waals surface area (Å²) in [5.41, 5.74) is 7.13. The maximum Gasteiger partial charge on any atom is 0.175 e. The number of rotatable bonds is 4. The Bertz CT molecular complexity index is 522. The second-order valence-electron chi connectivity index (χ2n) is 4.06. The molecule has 0 saturated heterocycles. The van der Waals surface area contributed by atoms with E-state index in [-0.39, 0.29) is 11.0 Å². The van der Waals surface area contributed by atoms with Crippen LogP contribution in [0.25, 0.3) is 0 Å². The van der Waals surface area contributed by atoms with Gasteiger partial charge >= 0.3 is 0 Å². The van der Waals surface area contributed by atoms with Gasteiger partial charge in [-0.3, -0.25) is 4.79 Å². The number of thioether (sulfide) groups is 1. The van der Waals surface area contributed by atoms with Gasteiger partial charge in [-0.1, -0.05) is 30.3 Å². The van der Waals surface area contributed by atoms with Crippen LogP contribution in [0.2, 0.25) is 0 Å². The molecule has 18 heavy (non-hydrogen) atoms. The second kappa shape index (κ2) is 5.74. The van der Waals surface area contributed by atoms with E-state index in [0.717, 1.165) is 16.1 Å². The Morgan fingerprint density at radius 3 is 2.28 bits per heavy atom. The first kappa shape index (κ1) is 12.7. The molecule has 92 valence electrons. The van der Waals surface area contributed by atoms with Crippen LogP contribution in [-0.2, 0) is 0 Å². The number of hydrogen-bond donors (Lipinski definition) is 1. The van der Waals surface area contributed by atoms with Crippen molar-refractivity contribution in [2.75, 3.05) is 5.73 Å². The Morgan fingerprint density at radius 1 is 1.06 bits per heavy atom. The van der Waals surface area contributed by atoms with Gasteiger partial charge in [0.1, 0.15) is 0 Å². The van der Waals surface area contributed by atoms with Gasteiger partial charge in [0.05, 0.1) is 5.25 Å². The molecular formula is C15H15NOS. The Labute approximate surface area is 111 Å². The van der Waals surface area contributed by atoms with Crippen molar-refractivity contribution >= 4 is 23.2 Å². The molecule has 0 spiro atoms. The molecule has 2 aromatic carbocycles. The number of hydrogen-bond acceptors (Lipinski definition) is 3. The fourth-order valence-electron chi connectivity index (χ4n) is 1.64. The molecule has 1 atom stereocenters. The summed E-state index contributed by atoms with van der Waals surface area (Å²) in [5.74, 6) is 0.150. The van der Waals surface area contributed by atoms with Crippen molar-refractivity contribution in [2.45, 2.75) is 17.1 Å². The minimum Gasteiger partial charge on any atom is -0.399 e. The number of benzene rings is 2. The average Bonchev–Trinajstić information content (AvgIpc) is 2.41. The molecular weight excluding hydrogens is 242 g/mol. The molecule has 0 heterocycles. The molecule has 2 N–H and O–H groups in total. The molecule has 0 aliphatic heterocycles. The first-order valence-electron chi connectivity index (χ1n) is 5.78. The van der Waals surface area contributed by atoms with E-state index in [9.17, 15) is 4.79 Å². The van der Waals surface area contributed by atoms with Gasteiger partial charge in [0, 0.05) is 16.1 Å². The summed E-state index contributed by atoms with van der Waals surface area (Å²) >= 11 is 1.55. The molecule has 2 rings (SSSR count). The molecule has 0 fully saturated rings. The minimum atomic E-state index is -0.101. The molecule has 2 aromatic rings. The maximum absolute atomic E-state index is 12.2. The normalized spacial score (nSPS) is 12.1. The fraction of sp³-hybridized carbons (Fsp3) is 0.133. The van der Waals surface area contributed by atoms with Crippen LogP contribution in [0.5, 0.6) is 0 Å². The summed E-state index contributed by atoms with van der Waals surface area (Å²) in [6.45, 7) is 1.93. The lowest BCUT2D eigenvalue weighted by Gasteiger charge is -2.10. The number of carbonyl (C=O) groups excluding carboxylic acids is 1. The fourth-order valence-corrected chi connectivity index (χ4v) is 2.59. The minimum absolute atomic E-state index is 0.101. The van der Waals surface area contributed by atoms with Gasteiger partial charge in [0.25, 0.3) is 0 Å². The SMILES string of the molecule is C[C@@H](Sc1ccc(N)cc1)C(=O)c1ccccc1. The van der Waals surface area contributed by atoms with Gasteiger partial charge in [-0.15, -0.1) is 11.8 Å². The van der Waals surface area contributed by atoms with E-state index in [2.05, 4.69) is 0 Å². The van der Waals surface area contributed by atoms with Crippen LogP contribution in [0.3, 0.4) is 0 Å². The summed E-state index contributed by atoms with van der Waals surface area (Å²) in [5, 5.41) is -0.101. The van der Waals surface area contributed by atoms with Crippen molar-refractivity contribution in [3.05, 3.63) is 60.2 Å². The zero-order valence-corrected chi connectivity index (χ0v) is 11.0. The number of ketones is 1. The van der Waals surface area contributed by atoms with Crippen LogP contribution in [0, 0.1) is 0 Å². The first-order valence-corrected chi connectivity index (χ1v) is 6.66. The van der Waals surface area contributed by atoms with E-state index in [1.54, 1.807) is 11.8 Å². The maximum atomic E-state index is 12.2. The molecule has 0 radical (unpaired) electrons. The van der Waals surface area contributed by atoms with Crippen molar-refractivity contribution < 1.29 is 4.79 Å². The molecule has 0 amide bonds. The Hall–Kier alpha value is -1.74. The Kier molecular flexibility index (Phi) is 4.05. The van der Waals surface area contributed by atoms with E-state index in [1.807, 2.05) is 61.5 Å². The zero-order valence-electron chi connectivity index (χ0n) is 10.2. The van der Waals surface area contributed by atoms with Gasteiger partial charge in [-0.25, -0.2) is 0 Å². The van der Waals surface area contributed by atoms with Crippen LogP contribution in [0.1, 0.15) is 17.3 Å². The third-order valence-corrected chi connectivity index (χ3v) is 3.73. The summed E-state index contributed by atoms with van der Waals surface area (Å²) in [4.78, 5) is 13.2. The molecule has 3 heteroatoms. The van der Waals surface area contributed by atoms with Gasteiger partial charge < -0.3 is 5.73 Å². The van der Waals surface area contributed by atoms with Crippen molar-refractivity contribution in [1.82, 2.24) is 0 Å². The number of anilines is 1. The van der Waals surface area contributed by atoms with Gasteiger partial charge in [-0.2, -0.15) is 0 Å². The average molecular weight is 257 g/mol. The molecule has 0 unspecified atom stereocenters. The lowest BCUT2D eigenvalue weighted by molar-refractivity contribution is 0.0994. The standard InChI is InChI=1S/C15H15NOS/c1-11(15(17)12-5-3-2-4-6-12)18-14-9-7-13(16)8-10-14/h2-11H,16H2,1H3/t11-/m1/s1. The topological polar surface area (TPSA) is 43.1 Å². The summed E-state index contributed by atoms with van der Waals surface area (Å²) in [7, 11) is 0. The molecule has 0 aliphatic rings. The molecule has 0 aliphatic carbocycles.